The second-order valence-corrected chi connectivity index (χ2v) is 6.44. The first-order chi connectivity index (χ1) is 11.2. The van der Waals surface area contributed by atoms with Crippen molar-refractivity contribution in [1.82, 2.24) is 10.6 Å². The predicted molar refractivity (Wildman–Crippen MR) is 90.3 cm³/mol. The van der Waals surface area contributed by atoms with Crippen molar-refractivity contribution in [3.63, 3.8) is 0 Å². The summed E-state index contributed by atoms with van der Waals surface area (Å²) in [7, 11) is 0. The number of carbonyl (C=O) groups is 3. The molecule has 2 amide bonds. The average molecular weight is 340 g/mol. The zero-order valence-corrected chi connectivity index (χ0v) is 14.7. The van der Waals surface area contributed by atoms with Gasteiger partial charge in [0.1, 0.15) is 11.6 Å². The van der Waals surface area contributed by atoms with E-state index in [4.69, 9.17) is 16.3 Å². The SMILES string of the molecule is C#CCCCC(=O)N[C@@H](CCCCNC(=O)OC(C)(C)C)C(=O)O. The van der Waals surface area contributed by atoms with Crippen LogP contribution in [0.25, 0.3) is 0 Å². The Hall–Kier alpha value is -2.23. The van der Waals surface area contributed by atoms with Gasteiger partial charge in [-0.2, -0.15) is 0 Å². The Balaban J connectivity index is 3.98. The molecule has 0 aromatic heterocycles. The van der Waals surface area contributed by atoms with E-state index < -0.39 is 23.7 Å². The summed E-state index contributed by atoms with van der Waals surface area (Å²) < 4.78 is 5.09. The Morgan fingerprint density at radius 2 is 1.88 bits per heavy atom. The molecule has 0 heterocycles. The summed E-state index contributed by atoms with van der Waals surface area (Å²) in [5.41, 5.74) is -0.553. The van der Waals surface area contributed by atoms with Crippen LogP contribution in [0.4, 0.5) is 4.79 Å². The summed E-state index contributed by atoms with van der Waals surface area (Å²) in [5.74, 6) is 1.05. The smallest absolute Gasteiger partial charge is 0.407 e. The van der Waals surface area contributed by atoms with E-state index in [0.29, 0.717) is 38.6 Å². The lowest BCUT2D eigenvalue weighted by atomic mass is 10.1. The van der Waals surface area contributed by atoms with Gasteiger partial charge in [-0.15, -0.1) is 12.3 Å². The van der Waals surface area contributed by atoms with Crippen molar-refractivity contribution in [3.8, 4) is 12.3 Å². The number of carboxylic acid groups (broad SMARTS) is 1. The molecule has 0 bridgehead atoms. The van der Waals surface area contributed by atoms with Gasteiger partial charge in [0.2, 0.25) is 5.91 Å². The molecule has 0 unspecified atom stereocenters. The van der Waals surface area contributed by atoms with E-state index in [1.807, 2.05) is 0 Å². The summed E-state index contributed by atoms with van der Waals surface area (Å²) in [5, 5.41) is 14.2. The Kier molecular flexibility index (Phi) is 10.3. The van der Waals surface area contributed by atoms with E-state index in [2.05, 4.69) is 16.6 Å². The van der Waals surface area contributed by atoms with Crippen LogP contribution in [0.2, 0.25) is 0 Å². The summed E-state index contributed by atoms with van der Waals surface area (Å²) in [6, 6.07) is -0.926. The maximum Gasteiger partial charge on any atom is 0.407 e. The molecule has 0 saturated carbocycles. The average Bonchev–Trinajstić information content (AvgIpc) is 2.43. The van der Waals surface area contributed by atoms with E-state index in [9.17, 15) is 14.4 Å². The van der Waals surface area contributed by atoms with Crippen molar-refractivity contribution in [2.45, 2.75) is 70.9 Å². The second-order valence-electron chi connectivity index (χ2n) is 6.44. The topological polar surface area (TPSA) is 105 Å². The summed E-state index contributed by atoms with van der Waals surface area (Å²) in [4.78, 5) is 34.2. The molecule has 0 aliphatic rings. The minimum atomic E-state index is -1.07. The highest BCUT2D eigenvalue weighted by molar-refractivity contribution is 5.83. The molecule has 1 atom stereocenters. The van der Waals surface area contributed by atoms with Gasteiger partial charge in [0, 0.05) is 19.4 Å². The largest absolute Gasteiger partial charge is 0.480 e. The normalized spacial score (nSPS) is 11.9. The molecule has 0 aliphatic carbocycles. The van der Waals surface area contributed by atoms with Crippen LogP contribution in [0.1, 0.15) is 59.3 Å². The summed E-state index contributed by atoms with van der Waals surface area (Å²) in [6.45, 7) is 5.71. The Bertz CT molecular complexity index is 463. The van der Waals surface area contributed by atoms with Crippen molar-refractivity contribution in [3.05, 3.63) is 0 Å². The number of alkyl carbamates (subject to hydrolysis) is 1. The van der Waals surface area contributed by atoms with E-state index in [-0.39, 0.29) is 12.3 Å². The maximum atomic E-state index is 11.6. The second kappa shape index (κ2) is 11.3. The van der Waals surface area contributed by atoms with Gasteiger partial charge in [0.05, 0.1) is 0 Å². The molecule has 0 aromatic carbocycles. The highest BCUT2D eigenvalue weighted by atomic mass is 16.6. The molecule has 136 valence electrons. The third-order valence-corrected chi connectivity index (χ3v) is 2.95. The van der Waals surface area contributed by atoms with Crippen LogP contribution in [0.3, 0.4) is 0 Å². The van der Waals surface area contributed by atoms with Crippen LogP contribution in [-0.4, -0.2) is 41.3 Å². The molecule has 7 nitrogen and oxygen atoms in total. The highest BCUT2D eigenvalue weighted by Gasteiger charge is 2.19. The molecule has 0 aliphatic heterocycles. The van der Waals surface area contributed by atoms with Crippen LogP contribution in [0.5, 0.6) is 0 Å². The van der Waals surface area contributed by atoms with Gasteiger partial charge >= 0.3 is 12.1 Å². The Labute approximate surface area is 143 Å². The van der Waals surface area contributed by atoms with Gasteiger partial charge in [-0.3, -0.25) is 4.79 Å². The molecular formula is C17H28N2O5. The van der Waals surface area contributed by atoms with Gasteiger partial charge < -0.3 is 20.5 Å². The monoisotopic (exact) mass is 340 g/mol. The molecule has 0 aromatic rings. The van der Waals surface area contributed by atoms with Crippen molar-refractivity contribution in [2.24, 2.45) is 0 Å². The Morgan fingerprint density at radius 3 is 2.42 bits per heavy atom. The number of nitrogens with one attached hydrogen (secondary N) is 2. The molecule has 0 radical (unpaired) electrons. The number of aliphatic carboxylic acids is 1. The van der Waals surface area contributed by atoms with Gasteiger partial charge in [-0.05, 0) is 46.5 Å². The zero-order chi connectivity index (χ0) is 18.6. The van der Waals surface area contributed by atoms with Crippen LogP contribution in [0.15, 0.2) is 0 Å². The molecule has 0 rings (SSSR count). The zero-order valence-electron chi connectivity index (χ0n) is 14.7. The fraction of sp³-hybridized carbons (Fsp3) is 0.706. The molecule has 0 spiro atoms. The molecule has 0 saturated heterocycles. The third-order valence-electron chi connectivity index (χ3n) is 2.95. The minimum absolute atomic E-state index is 0.216. The van der Waals surface area contributed by atoms with Gasteiger partial charge in [0.25, 0.3) is 0 Å². The number of amides is 2. The lowest BCUT2D eigenvalue weighted by Crippen LogP contribution is -2.40. The molecule has 7 heteroatoms. The van der Waals surface area contributed by atoms with Gasteiger partial charge in [-0.25, -0.2) is 9.59 Å². The van der Waals surface area contributed by atoms with Crippen molar-refractivity contribution >= 4 is 18.0 Å². The lowest BCUT2D eigenvalue weighted by molar-refractivity contribution is -0.142. The first-order valence-corrected chi connectivity index (χ1v) is 8.08. The van der Waals surface area contributed by atoms with Crippen molar-refractivity contribution in [2.75, 3.05) is 6.54 Å². The fourth-order valence-electron chi connectivity index (χ4n) is 1.85. The van der Waals surface area contributed by atoms with Gasteiger partial charge in [0.15, 0.2) is 0 Å². The lowest BCUT2D eigenvalue weighted by Gasteiger charge is -2.19. The Morgan fingerprint density at radius 1 is 1.21 bits per heavy atom. The number of terminal acetylenes is 1. The fourth-order valence-corrected chi connectivity index (χ4v) is 1.85. The number of carbonyl (C=O) groups excluding carboxylic acids is 2. The van der Waals surface area contributed by atoms with Crippen molar-refractivity contribution in [1.29, 1.82) is 0 Å². The quantitative estimate of drug-likeness (QED) is 0.417. The first-order valence-electron chi connectivity index (χ1n) is 8.08. The van der Waals surface area contributed by atoms with Crippen molar-refractivity contribution < 1.29 is 24.2 Å². The molecular weight excluding hydrogens is 312 g/mol. The number of hydrogen-bond acceptors (Lipinski definition) is 4. The summed E-state index contributed by atoms with van der Waals surface area (Å²) in [6.07, 6.45) is 7.28. The summed E-state index contributed by atoms with van der Waals surface area (Å²) >= 11 is 0. The predicted octanol–water partition coefficient (Wildman–Crippen LogP) is 2.05. The van der Waals surface area contributed by atoms with E-state index in [1.165, 1.54) is 0 Å². The first kappa shape index (κ1) is 21.8. The standard InChI is InChI=1S/C17H28N2O5/c1-5-6-7-11-14(20)19-13(15(21)22)10-8-9-12-18-16(23)24-17(2,3)4/h1,13H,6-12H2,2-4H3,(H,18,23)(H,19,20)(H,21,22)/t13-/m0/s1. The molecule has 0 fully saturated rings. The van der Waals surface area contributed by atoms with E-state index >= 15 is 0 Å². The number of ether oxygens (including phenoxy) is 1. The van der Waals surface area contributed by atoms with Gasteiger partial charge in [-0.1, -0.05) is 0 Å². The van der Waals surface area contributed by atoms with E-state index in [0.717, 1.165) is 0 Å². The highest BCUT2D eigenvalue weighted by Crippen LogP contribution is 2.07. The minimum Gasteiger partial charge on any atom is -0.480 e. The van der Waals surface area contributed by atoms with Crippen LogP contribution in [0, 0.1) is 12.3 Å². The number of carboxylic acids is 1. The molecule has 24 heavy (non-hydrogen) atoms. The van der Waals surface area contributed by atoms with E-state index in [1.54, 1.807) is 20.8 Å². The number of unbranched alkanes of at least 4 members (excludes halogenated alkanes) is 2. The number of rotatable bonds is 10. The van der Waals surface area contributed by atoms with Crippen LogP contribution < -0.4 is 10.6 Å². The number of hydrogen-bond donors (Lipinski definition) is 3. The molecule has 3 N–H and O–H groups in total. The van der Waals surface area contributed by atoms with Crippen LogP contribution in [-0.2, 0) is 14.3 Å². The third kappa shape index (κ3) is 12.3. The van der Waals surface area contributed by atoms with Crippen LogP contribution >= 0.6 is 0 Å². The maximum absolute atomic E-state index is 11.6.